The summed E-state index contributed by atoms with van der Waals surface area (Å²) in [6.07, 6.45) is 6.79. The smallest absolute Gasteiger partial charge is 0.871 e. The van der Waals surface area contributed by atoms with E-state index in [9.17, 15) is 30.0 Å². The van der Waals surface area contributed by atoms with Gasteiger partial charge in [-0.05, 0) is 71.4 Å². The minimum Gasteiger partial charge on any atom is -0.871 e. The Labute approximate surface area is 368 Å². The molecular formula is C38H24Cl2N4O6Pb2S2. The van der Waals surface area contributed by atoms with Gasteiger partial charge in [-0.3, -0.25) is 19.9 Å². The molecule has 0 fully saturated rings. The van der Waals surface area contributed by atoms with Crippen LogP contribution in [-0.4, -0.2) is 86.5 Å². The van der Waals surface area contributed by atoms with Gasteiger partial charge in [0.25, 0.3) is 0 Å². The van der Waals surface area contributed by atoms with Gasteiger partial charge in [0.15, 0.2) is 0 Å². The van der Waals surface area contributed by atoms with Crippen LogP contribution in [0.15, 0.2) is 146 Å². The molecule has 0 unspecified atom stereocenters. The second-order valence-electron chi connectivity index (χ2n) is 9.87. The van der Waals surface area contributed by atoms with Crippen LogP contribution in [0.25, 0.3) is 33.2 Å². The Balaban J connectivity index is 0.000000232. The van der Waals surface area contributed by atoms with Gasteiger partial charge < -0.3 is 30.0 Å². The molecule has 54 heavy (non-hydrogen) atoms. The number of carbonyl (C=O) groups is 2. The molecular weight excluding hydrogens is 1160 g/mol. The Kier molecular flexibility index (Phi) is 20.8. The number of pyridine rings is 4. The van der Waals surface area contributed by atoms with Gasteiger partial charge >= 0.3 is 54.6 Å². The molecule has 10 nitrogen and oxygen atoms in total. The van der Waals surface area contributed by atoms with Crippen molar-refractivity contribution in [1.82, 2.24) is 19.9 Å². The number of para-hydroxylation sites is 2. The first kappa shape index (κ1) is 46.1. The van der Waals surface area contributed by atoms with Gasteiger partial charge in [0.2, 0.25) is 0 Å². The fraction of sp³-hybridized carbons (Fsp3) is 0. The van der Waals surface area contributed by atoms with Crippen LogP contribution in [-0.2, 0) is 0 Å². The van der Waals surface area contributed by atoms with Gasteiger partial charge in [-0.15, -0.1) is 22.7 Å². The number of hydrogen-bond donors (Lipinski definition) is 0. The summed E-state index contributed by atoms with van der Waals surface area (Å²) in [7, 11) is 0. The first-order chi connectivity index (χ1) is 25.1. The van der Waals surface area contributed by atoms with Gasteiger partial charge in [-0.25, -0.2) is 0 Å². The molecule has 0 amide bonds. The quantitative estimate of drug-likeness (QED) is 0.205. The number of benzene rings is 2. The summed E-state index contributed by atoms with van der Waals surface area (Å²) in [5.74, 6) is -2.37. The molecule has 4 radical (unpaired) electrons. The fourth-order valence-electron chi connectivity index (χ4n) is 4.03. The first-order valence-corrected chi connectivity index (χ1v) is 17.3. The van der Waals surface area contributed by atoms with E-state index in [1.165, 1.54) is 36.4 Å². The van der Waals surface area contributed by atoms with Crippen molar-refractivity contribution in [3.63, 3.8) is 0 Å². The van der Waals surface area contributed by atoms with E-state index in [4.69, 9.17) is 23.2 Å². The largest absolute Gasteiger partial charge is 2.00 e. The third kappa shape index (κ3) is 15.0. The number of fused-ring (bicyclic) bond motifs is 2. The van der Waals surface area contributed by atoms with Crippen molar-refractivity contribution in [2.24, 2.45) is 0 Å². The maximum absolute atomic E-state index is 11.1. The van der Waals surface area contributed by atoms with E-state index in [0.717, 1.165) is 44.8 Å². The number of carbonyl (C=O) groups excluding carboxylic acids is 2. The SMILES string of the molecule is O=C([O-])c1ccc(Cl)s1.O=C([O-])c1ccc(Cl)s1.[O-]c1cccc2cccnc12.[O-]c1cccc2cccnc12.[Pb+2].[Pb+2].c1ccc(-c2ccccn2)nc1. The van der Waals surface area contributed by atoms with Gasteiger partial charge in [-0.2, -0.15) is 0 Å². The molecule has 8 rings (SSSR count). The van der Waals surface area contributed by atoms with Gasteiger partial charge in [0.1, 0.15) is 0 Å². The zero-order valence-electron chi connectivity index (χ0n) is 27.7. The van der Waals surface area contributed by atoms with Gasteiger partial charge in [0.05, 0.1) is 52.8 Å². The number of rotatable bonds is 3. The van der Waals surface area contributed by atoms with E-state index in [2.05, 4.69) is 19.9 Å². The third-order valence-corrected chi connectivity index (χ3v) is 8.75. The van der Waals surface area contributed by atoms with Crippen LogP contribution in [0.1, 0.15) is 19.3 Å². The molecule has 8 aromatic rings. The molecule has 0 bridgehead atoms. The minimum atomic E-state index is -1.17. The summed E-state index contributed by atoms with van der Waals surface area (Å²) in [5, 5.41) is 44.1. The summed E-state index contributed by atoms with van der Waals surface area (Å²) < 4.78 is 0.934. The molecule has 0 aliphatic carbocycles. The predicted octanol–water partition coefficient (Wildman–Crippen LogP) is 5.53. The monoisotopic (exact) mass is 1180 g/mol. The number of carboxylic acid groups (broad SMARTS) is 2. The number of thiophene rings is 2. The van der Waals surface area contributed by atoms with Crippen molar-refractivity contribution in [3.8, 4) is 22.9 Å². The summed E-state index contributed by atoms with van der Waals surface area (Å²) in [6, 6.07) is 35.2. The Morgan fingerprint density at radius 3 is 1.11 bits per heavy atom. The number of aromatic nitrogens is 4. The maximum atomic E-state index is 11.1. The van der Waals surface area contributed by atoms with Crippen molar-refractivity contribution < 1.29 is 30.0 Å². The molecule has 6 heterocycles. The van der Waals surface area contributed by atoms with Crippen molar-refractivity contribution in [2.75, 3.05) is 0 Å². The van der Waals surface area contributed by atoms with E-state index in [-0.39, 0.29) is 75.9 Å². The second kappa shape index (κ2) is 24.4. The van der Waals surface area contributed by atoms with Crippen LogP contribution in [0.2, 0.25) is 8.67 Å². The van der Waals surface area contributed by atoms with Crippen LogP contribution in [0.5, 0.6) is 11.5 Å². The fourth-order valence-corrected chi connectivity index (χ4v) is 5.78. The number of halogens is 2. The molecule has 0 N–H and O–H groups in total. The molecule has 2 aromatic carbocycles. The summed E-state index contributed by atoms with van der Waals surface area (Å²) in [6.45, 7) is 0. The molecule has 0 saturated heterocycles. The Morgan fingerprint density at radius 1 is 0.463 bits per heavy atom. The molecule has 0 aliphatic heterocycles. The van der Waals surface area contributed by atoms with Crippen molar-refractivity contribution in [3.05, 3.63) is 165 Å². The molecule has 0 spiro atoms. The van der Waals surface area contributed by atoms with Crippen LogP contribution in [0.4, 0.5) is 0 Å². The Bertz CT molecular complexity index is 2180. The molecule has 0 atom stereocenters. The first-order valence-electron chi connectivity index (χ1n) is 14.9. The minimum absolute atomic E-state index is 0. The normalized spacial score (nSPS) is 9.44. The number of carboxylic acids is 2. The van der Waals surface area contributed by atoms with Crippen LogP contribution < -0.4 is 20.4 Å². The van der Waals surface area contributed by atoms with Crippen molar-refractivity contribution in [2.45, 2.75) is 0 Å². The number of aromatic carboxylic acids is 2. The summed E-state index contributed by atoms with van der Waals surface area (Å²) >= 11 is 12.9. The third-order valence-electron chi connectivity index (χ3n) is 6.33. The van der Waals surface area contributed by atoms with E-state index in [1.54, 1.807) is 36.9 Å². The van der Waals surface area contributed by atoms with Crippen LogP contribution >= 0.6 is 45.9 Å². The molecule has 266 valence electrons. The van der Waals surface area contributed by atoms with Gasteiger partial charge in [0, 0.05) is 24.8 Å². The summed E-state index contributed by atoms with van der Waals surface area (Å²) in [5.41, 5.74) is 2.93. The topological polar surface area (TPSA) is 178 Å². The van der Waals surface area contributed by atoms with Crippen LogP contribution in [0, 0.1) is 0 Å². The molecule has 16 heteroatoms. The predicted molar refractivity (Wildman–Crippen MR) is 209 cm³/mol. The standard InChI is InChI=1S/C10H8N2.2C9H7NO.2C5H3ClO2S.2Pb/c1-3-7-11-9(5-1)10-6-2-4-8-12-10;2*11-8-5-1-3-7-4-2-6-10-9(7)8;2*6-4-2-1-3(9-4)5(7)8;;/h1-8H;2*1-6,11H;2*1-2H,(H,7,8);;/q;;;;;2*+2/p-4. The number of nitrogens with zero attached hydrogens (tertiary/aromatic N) is 4. The number of hydrogen-bond acceptors (Lipinski definition) is 12. The Morgan fingerprint density at radius 2 is 0.833 bits per heavy atom. The maximum Gasteiger partial charge on any atom is 2.00 e. The second-order valence-corrected chi connectivity index (χ2v) is 13.3. The molecule has 0 saturated carbocycles. The van der Waals surface area contributed by atoms with Crippen molar-refractivity contribution >= 4 is 134 Å². The van der Waals surface area contributed by atoms with Crippen molar-refractivity contribution in [1.29, 1.82) is 0 Å². The summed E-state index contributed by atoms with van der Waals surface area (Å²) in [4.78, 5) is 36.8. The van der Waals surface area contributed by atoms with Crippen LogP contribution in [0.3, 0.4) is 0 Å². The molecule has 6 aromatic heterocycles. The Hall–Kier alpha value is -4.08. The molecule has 0 aliphatic rings. The average Bonchev–Trinajstić information content (AvgIpc) is 3.82. The van der Waals surface area contributed by atoms with E-state index in [0.29, 0.717) is 19.7 Å². The average molecular weight is 1180 g/mol. The van der Waals surface area contributed by atoms with Gasteiger partial charge in [-0.1, -0.05) is 95.4 Å². The zero-order chi connectivity index (χ0) is 37.3. The van der Waals surface area contributed by atoms with E-state index in [1.807, 2.05) is 72.8 Å². The zero-order valence-corrected chi connectivity index (χ0v) is 38.6. The van der Waals surface area contributed by atoms with E-state index < -0.39 is 11.9 Å². The van der Waals surface area contributed by atoms with E-state index >= 15 is 0 Å².